The van der Waals surface area contributed by atoms with Gasteiger partial charge in [-0.05, 0) is 18.2 Å². The molecule has 0 unspecified atom stereocenters. The molecule has 2 aliphatic heterocycles. The van der Waals surface area contributed by atoms with Crippen LogP contribution in [0.5, 0.6) is 5.75 Å². The van der Waals surface area contributed by atoms with Gasteiger partial charge in [-0.3, -0.25) is 0 Å². The topological polar surface area (TPSA) is 97.2 Å². The van der Waals surface area contributed by atoms with E-state index in [4.69, 9.17) is 19.2 Å². The highest BCUT2D eigenvalue weighted by Crippen LogP contribution is 2.20. The van der Waals surface area contributed by atoms with Gasteiger partial charge in [-0.2, -0.15) is 20.1 Å². The zero-order valence-corrected chi connectivity index (χ0v) is 19.8. The molecule has 2 aliphatic rings. The summed E-state index contributed by atoms with van der Waals surface area (Å²) in [6.07, 6.45) is 1.63. The Labute approximate surface area is 208 Å². The standard InChI is InChI=1S/C25H28FN7O3/c26-21-7-3-1-6-20(21)18-36-22-8-4-2-5-19(22)17-27-31-23-28-24(32-9-13-34-14-10-32)30-25(29-23)33-11-15-35-16-12-33/h1-8,17H,9-16,18H2,(H,28,29,30,31)/b27-17+. The van der Waals surface area contributed by atoms with Crippen LogP contribution in [0.15, 0.2) is 53.6 Å². The van der Waals surface area contributed by atoms with Crippen molar-refractivity contribution in [3.63, 3.8) is 0 Å². The van der Waals surface area contributed by atoms with Gasteiger partial charge in [0.05, 0.1) is 32.6 Å². The Morgan fingerprint density at radius 3 is 2.14 bits per heavy atom. The third kappa shape index (κ3) is 6.04. The van der Waals surface area contributed by atoms with E-state index >= 15 is 0 Å². The summed E-state index contributed by atoms with van der Waals surface area (Å²) in [6, 6.07) is 14.0. The van der Waals surface area contributed by atoms with Crippen molar-refractivity contribution in [1.82, 2.24) is 15.0 Å². The first kappa shape index (κ1) is 23.9. The quantitative estimate of drug-likeness (QED) is 0.375. The Morgan fingerprint density at radius 2 is 1.47 bits per heavy atom. The van der Waals surface area contributed by atoms with Crippen LogP contribution in [0.25, 0.3) is 0 Å². The van der Waals surface area contributed by atoms with Gasteiger partial charge in [0, 0.05) is 37.3 Å². The zero-order chi connectivity index (χ0) is 24.6. The first-order valence-corrected chi connectivity index (χ1v) is 11.9. The molecule has 0 saturated carbocycles. The second-order valence-corrected chi connectivity index (χ2v) is 8.25. The Kier molecular flexibility index (Phi) is 7.79. The van der Waals surface area contributed by atoms with Gasteiger partial charge in [-0.1, -0.05) is 30.3 Å². The summed E-state index contributed by atoms with van der Waals surface area (Å²) in [7, 11) is 0. The first-order chi connectivity index (χ1) is 17.8. The SMILES string of the molecule is Fc1ccccc1COc1ccccc1/C=N/Nc1nc(N2CCOCC2)nc(N2CCOCC2)n1. The summed E-state index contributed by atoms with van der Waals surface area (Å²) in [4.78, 5) is 18.0. The van der Waals surface area contributed by atoms with Crippen LogP contribution < -0.4 is 20.0 Å². The van der Waals surface area contributed by atoms with Crippen molar-refractivity contribution in [2.75, 3.05) is 67.8 Å². The molecule has 3 aromatic rings. The minimum absolute atomic E-state index is 0.115. The highest BCUT2D eigenvalue weighted by molar-refractivity contribution is 5.83. The van der Waals surface area contributed by atoms with Gasteiger partial charge in [0.1, 0.15) is 18.2 Å². The summed E-state index contributed by atoms with van der Waals surface area (Å²) >= 11 is 0. The van der Waals surface area contributed by atoms with E-state index in [9.17, 15) is 4.39 Å². The molecule has 0 spiro atoms. The zero-order valence-electron chi connectivity index (χ0n) is 19.8. The van der Waals surface area contributed by atoms with Crippen LogP contribution in [-0.2, 0) is 16.1 Å². The van der Waals surface area contributed by atoms with Gasteiger partial charge in [-0.25, -0.2) is 9.82 Å². The van der Waals surface area contributed by atoms with E-state index in [1.807, 2.05) is 24.3 Å². The molecule has 5 rings (SSSR count). The molecular weight excluding hydrogens is 465 g/mol. The van der Waals surface area contributed by atoms with Gasteiger partial charge in [0.15, 0.2) is 0 Å². The molecule has 10 nitrogen and oxygen atoms in total. The minimum Gasteiger partial charge on any atom is -0.488 e. The van der Waals surface area contributed by atoms with Crippen LogP contribution in [0.2, 0.25) is 0 Å². The maximum atomic E-state index is 14.0. The molecule has 0 atom stereocenters. The van der Waals surface area contributed by atoms with Crippen LogP contribution in [0.1, 0.15) is 11.1 Å². The smallest absolute Gasteiger partial charge is 0.250 e. The Morgan fingerprint density at radius 1 is 0.861 bits per heavy atom. The third-order valence-corrected chi connectivity index (χ3v) is 5.83. The molecule has 0 bridgehead atoms. The van der Waals surface area contributed by atoms with Crippen LogP contribution in [0, 0.1) is 5.82 Å². The second-order valence-electron chi connectivity index (χ2n) is 8.25. The van der Waals surface area contributed by atoms with E-state index in [-0.39, 0.29) is 12.4 Å². The lowest BCUT2D eigenvalue weighted by atomic mass is 10.2. The van der Waals surface area contributed by atoms with E-state index in [0.29, 0.717) is 81.8 Å². The van der Waals surface area contributed by atoms with E-state index in [2.05, 4.69) is 30.3 Å². The van der Waals surface area contributed by atoms with Gasteiger partial charge in [0.2, 0.25) is 17.8 Å². The number of anilines is 3. The molecule has 2 saturated heterocycles. The van der Waals surface area contributed by atoms with E-state index in [1.165, 1.54) is 6.07 Å². The Bertz CT molecular complexity index is 1150. The monoisotopic (exact) mass is 493 g/mol. The maximum absolute atomic E-state index is 14.0. The highest BCUT2D eigenvalue weighted by atomic mass is 19.1. The largest absolute Gasteiger partial charge is 0.488 e. The number of ether oxygens (including phenoxy) is 3. The fourth-order valence-corrected chi connectivity index (χ4v) is 3.86. The van der Waals surface area contributed by atoms with E-state index in [1.54, 1.807) is 24.4 Å². The second kappa shape index (κ2) is 11.7. The number of benzene rings is 2. The van der Waals surface area contributed by atoms with Gasteiger partial charge in [0.25, 0.3) is 0 Å². The summed E-state index contributed by atoms with van der Waals surface area (Å²) < 4.78 is 30.8. The average molecular weight is 494 g/mol. The maximum Gasteiger partial charge on any atom is 0.250 e. The lowest BCUT2D eigenvalue weighted by Crippen LogP contribution is -2.40. The van der Waals surface area contributed by atoms with Crippen molar-refractivity contribution in [3.8, 4) is 5.75 Å². The molecule has 3 heterocycles. The molecule has 36 heavy (non-hydrogen) atoms. The molecule has 188 valence electrons. The van der Waals surface area contributed by atoms with Crippen LogP contribution in [0.4, 0.5) is 22.2 Å². The Balaban J connectivity index is 1.32. The molecule has 2 aromatic carbocycles. The van der Waals surface area contributed by atoms with Crippen molar-refractivity contribution in [2.24, 2.45) is 5.10 Å². The first-order valence-electron chi connectivity index (χ1n) is 11.9. The van der Waals surface area contributed by atoms with Crippen LogP contribution in [-0.4, -0.2) is 73.8 Å². The lowest BCUT2D eigenvalue weighted by molar-refractivity contribution is 0.121. The van der Waals surface area contributed by atoms with Crippen LogP contribution in [0.3, 0.4) is 0 Å². The van der Waals surface area contributed by atoms with Crippen molar-refractivity contribution in [1.29, 1.82) is 0 Å². The summed E-state index contributed by atoms with van der Waals surface area (Å²) in [5.41, 5.74) is 4.16. The number of morpholine rings is 2. The number of nitrogens with zero attached hydrogens (tertiary/aromatic N) is 6. The number of hydrogen-bond donors (Lipinski definition) is 1. The van der Waals surface area contributed by atoms with Crippen molar-refractivity contribution >= 4 is 24.1 Å². The van der Waals surface area contributed by atoms with Gasteiger partial charge >= 0.3 is 0 Å². The number of hydrazone groups is 1. The third-order valence-electron chi connectivity index (χ3n) is 5.83. The summed E-state index contributed by atoms with van der Waals surface area (Å²) in [5, 5.41) is 4.35. The number of nitrogens with one attached hydrogen (secondary N) is 1. The summed E-state index contributed by atoms with van der Waals surface area (Å²) in [6.45, 7) is 5.47. The number of aromatic nitrogens is 3. The Hall–Kier alpha value is -3.83. The van der Waals surface area contributed by atoms with E-state index in [0.717, 1.165) is 5.56 Å². The molecule has 1 aromatic heterocycles. The number of halogens is 1. The molecule has 2 fully saturated rings. The normalized spacial score (nSPS) is 16.4. The molecular formula is C25H28FN7O3. The molecule has 0 amide bonds. The van der Waals surface area contributed by atoms with Gasteiger partial charge in [-0.15, -0.1) is 0 Å². The number of rotatable bonds is 8. The van der Waals surface area contributed by atoms with Crippen molar-refractivity contribution in [2.45, 2.75) is 6.61 Å². The average Bonchev–Trinajstić information content (AvgIpc) is 2.94. The van der Waals surface area contributed by atoms with Crippen molar-refractivity contribution in [3.05, 3.63) is 65.5 Å². The van der Waals surface area contributed by atoms with Gasteiger partial charge < -0.3 is 24.0 Å². The van der Waals surface area contributed by atoms with Crippen molar-refractivity contribution < 1.29 is 18.6 Å². The lowest BCUT2D eigenvalue weighted by Gasteiger charge is -2.30. The minimum atomic E-state index is -0.299. The molecule has 11 heteroatoms. The molecule has 0 aliphatic carbocycles. The fraction of sp³-hybridized carbons (Fsp3) is 0.360. The predicted octanol–water partition coefficient (Wildman–Crippen LogP) is 2.71. The van der Waals surface area contributed by atoms with E-state index < -0.39 is 0 Å². The highest BCUT2D eigenvalue weighted by Gasteiger charge is 2.20. The summed E-state index contributed by atoms with van der Waals surface area (Å²) in [5.74, 6) is 1.80. The fourth-order valence-electron chi connectivity index (χ4n) is 3.86. The van der Waals surface area contributed by atoms with Crippen LogP contribution >= 0.6 is 0 Å². The molecule has 0 radical (unpaired) electrons. The number of para-hydroxylation sites is 1. The molecule has 1 N–H and O–H groups in total. The predicted molar refractivity (Wildman–Crippen MR) is 134 cm³/mol. The number of hydrogen-bond acceptors (Lipinski definition) is 10.